The molecule has 0 atom stereocenters. The van der Waals surface area contributed by atoms with Gasteiger partial charge in [0.1, 0.15) is 5.58 Å². The van der Waals surface area contributed by atoms with Gasteiger partial charge in [-0.2, -0.15) is 0 Å². The topological polar surface area (TPSA) is 85.6 Å². The molecule has 1 aliphatic rings. The summed E-state index contributed by atoms with van der Waals surface area (Å²) >= 11 is 0. The first kappa shape index (κ1) is 16.2. The fourth-order valence-electron chi connectivity index (χ4n) is 3.03. The summed E-state index contributed by atoms with van der Waals surface area (Å²) in [6.07, 6.45) is 1.29. The standard InChI is InChI=1S/C18H19NO5/c1-10-3-4-14-11(9-17(21)24-15(14)5-10)8-16(20)19-13-6-12(7-13)18(22)23-2/h3-5,9,12-13H,6-8H2,1-2H3,(H,19,20). The Kier molecular flexibility index (Phi) is 4.38. The number of carbonyl (C=O) groups is 2. The predicted molar refractivity (Wildman–Crippen MR) is 87.6 cm³/mol. The summed E-state index contributed by atoms with van der Waals surface area (Å²) in [4.78, 5) is 35.3. The van der Waals surface area contributed by atoms with Crippen molar-refractivity contribution >= 4 is 22.8 Å². The van der Waals surface area contributed by atoms with Crippen molar-refractivity contribution in [3.8, 4) is 0 Å². The van der Waals surface area contributed by atoms with Crippen LogP contribution in [0.25, 0.3) is 11.0 Å². The van der Waals surface area contributed by atoms with Crippen LogP contribution in [0.1, 0.15) is 24.0 Å². The lowest BCUT2D eigenvalue weighted by atomic mass is 9.80. The van der Waals surface area contributed by atoms with Gasteiger partial charge in [-0.15, -0.1) is 0 Å². The van der Waals surface area contributed by atoms with E-state index in [0.717, 1.165) is 10.9 Å². The van der Waals surface area contributed by atoms with E-state index in [4.69, 9.17) is 4.42 Å². The first-order chi connectivity index (χ1) is 11.5. The Bertz CT molecular complexity index is 848. The van der Waals surface area contributed by atoms with Crippen LogP contribution in [0.3, 0.4) is 0 Å². The summed E-state index contributed by atoms with van der Waals surface area (Å²) in [5, 5.41) is 3.65. The van der Waals surface area contributed by atoms with Gasteiger partial charge in [-0.25, -0.2) is 4.79 Å². The highest BCUT2D eigenvalue weighted by Crippen LogP contribution is 2.28. The molecule has 126 valence electrons. The molecule has 2 aromatic rings. The molecule has 6 nitrogen and oxygen atoms in total. The zero-order valence-corrected chi connectivity index (χ0v) is 13.6. The van der Waals surface area contributed by atoms with Gasteiger partial charge in [0.05, 0.1) is 19.4 Å². The van der Waals surface area contributed by atoms with Gasteiger partial charge in [-0.05, 0) is 37.0 Å². The number of amides is 1. The van der Waals surface area contributed by atoms with E-state index in [-0.39, 0.29) is 30.3 Å². The Balaban J connectivity index is 1.68. The second-order valence-electron chi connectivity index (χ2n) is 6.22. The smallest absolute Gasteiger partial charge is 0.336 e. The molecule has 24 heavy (non-hydrogen) atoms. The Morgan fingerprint density at radius 1 is 1.29 bits per heavy atom. The molecule has 6 heteroatoms. The maximum atomic E-state index is 12.2. The van der Waals surface area contributed by atoms with Crippen molar-refractivity contribution in [1.29, 1.82) is 0 Å². The highest BCUT2D eigenvalue weighted by molar-refractivity contribution is 5.87. The molecule has 0 bridgehead atoms. The Labute approximate surface area is 138 Å². The fraction of sp³-hybridized carbons (Fsp3) is 0.389. The minimum Gasteiger partial charge on any atom is -0.469 e. The summed E-state index contributed by atoms with van der Waals surface area (Å²) in [7, 11) is 1.36. The lowest BCUT2D eigenvalue weighted by molar-refractivity contribution is -0.149. The van der Waals surface area contributed by atoms with Gasteiger partial charge in [-0.1, -0.05) is 12.1 Å². The van der Waals surface area contributed by atoms with Gasteiger partial charge in [-0.3, -0.25) is 9.59 Å². The number of hydrogen-bond donors (Lipinski definition) is 1. The summed E-state index contributed by atoms with van der Waals surface area (Å²) < 4.78 is 9.87. The van der Waals surface area contributed by atoms with Crippen LogP contribution in [0.5, 0.6) is 0 Å². The summed E-state index contributed by atoms with van der Waals surface area (Å²) in [5.74, 6) is -0.536. The number of methoxy groups -OCH3 is 1. The largest absolute Gasteiger partial charge is 0.469 e. The first-order valence-corrected chi connectivity index (χ1v) is 7.87. The van der Waals surface area contributed by atoms with Crippen LogP contribution < -0.4 is 10.9 Å². The van der Waals surface area contributed by atoms with E-state index in [1.54, 1.807) is 6.07 Å². The number of carbonyl (C=O) groups excluding carboxylic acids is 2. The molecule has 1 amide bonds. The molecule has 3 rings (SSSR count). The number of ether oxygens (including phenoxy) is 1. The van der Waals surface area contributed by atoms with E-state index in [1.165, 1.54) is 13.2 Å². The quantitative estimate of drug-likeness (QED) is 0.682. The molecule has 1 fully saturated rings. The molecular formula is C18H19NO5. The molecule has 0 spiro atoms. The van der Waals surface area contributed by atoms with E-state index in [2.05, 4.69) is 10.1 Å². The summed E-state index contributed by atoms with van der Waals surface area (Å²) in [5.41, 5.74) is 1.64. The molecule has 1 N–H and O–H groups in total. The van der Waals surface area contributed by atoms with Gasteiger partial charge in [0, 0.05) is 17.5 Å². The molecule has 0 unspecified atom stereocenters. The average molecular weight is 329 g/mol. The van der Waals surface area contributed by atoms with E-state index in [9.17, 15) is 14.4 Å². The van der Waals surface area contributed by atoms with E-state index in [1.807, 2.05) is 19.1 Å². The number of benzene rings is 1. The van der Waals surface area contributed by atoms with E-state index < -0.39 is 5.63 Å². The van der Waals surface area contributed by atoms with Crippen LogP contribution >= 0.6 is 0 Å². The molecule has 0 radical (unpaired) electrons. The van der Waals surface area contributed by atoms with Crippen LogP contribution in [0.15, 0.2) is 33.5 Å². The molecule has 1 aromatic carbocycles. The third-order valence-corrected chi connectivity index (χ3v) is 4.37. The molecule has 1 saturated carbocycles. The van der Waals surface area contributed by atoms with Gasteiger partial charge in [0.25, 0.3) is 0 Å². The zero-order chi connectivity index (χ0) is 17.3. The summed E-state index contributed by atoms with van der Waals surface area (Å²) in [6.45, 7) is 1.91. The average Bonchev–Trinajstić information content (AvgIpc) is 2.49. The highest BCUT2D eigenvalue weighted by Gasteiger charge is 2.36. The van der Waals surface area contributed by atoms with Crippen molar-refractivity contribution in [2.24, 2.45) is 5.92 Å². The fourth-order valence-corrected chi connectivity index (χ4v) is 3.03. The third-order valence-electron chi connectivity index (χ3n) is 4.37. The van der Waals surface area contributed by atoms with Crippen LogP contribution in [-0.4, -0.2) is 25.0 Å². The van der Waals surface area contributed by atoms with Gasteiger partial charge >= 0.3 is 11.6 Å². The number of rotatable bonds is 4. The Morgan fingerprint density at radius 3 is 2.75 bits per heavy atom. The Hall–Kier alpha value is -2.63. The Morgan fingerprint density at radius 2 is 2.04 bits per heavy atom. The second-order valence-corrected chi connectivity index (χ2v) is 6.22. The summed E-state index contributed by atoms with van der Waals surface area (Å²) in [6, 6.07) is 6.89. The minimum absolute atomic E-state index is 0.0183. The number of esters is 1. The normalized spacial score (nSPS) is 19.6. The van der Waals surface area contributed by atoms with Crippen molar-refractivity contribution < 1.29 is 18.7 Å². The minimum atomic E-state index is -0.467. The van der Waals surface area contributed by atoms with Crippen LogP contribution in [0.4, 0.5) is 0 Å². The highest BCUT2D eigenvalue weighted by atomic mass is 16.5. The molecule has 0 saturated heterocycles. The number of hydrogen-bond acceptors (Lipinski definition) is 5. The van der Waals surface area contributed by atoms with Crippen molar-refractivity contribution in [3.63, 3.8) is 0 Å². The van der Waals surface area contributed by atoms with Gasteiger partial charge in [0.15, 0.2) is 0 Å². The van der Waals surface area contributed by atoms with Crippen molar-refractivity contribution in [2.75, 3.05) is 7.11 Å². The van der Waals surface area contributed by atoms with E-state index in [0.29, 0.717) is 24.0 Å². The van der Waals surface area contributed by atoms with Crippen molar-refractivity contribution in [1.82, 2.24) is 5.32 Å². The number of aryl methyl sites for hydroxylation is 1. The number of fused-ring (bicyclic) bond motifs is 1. The van der Waals surface area contributed by atoms with Crippen molar-refractivity contribution in [2.45, 2.75) is 32.2 Å². The molecular weight excluding hydrogens is 310 g/mol. The lowest BCUT2D eigenvalue weighted by Crippen LogP contribution is -2.47. The molecule has 1 aromatic heterocycles. The SMILES string of the molecule is COC(=O)C1CC(NC(=O)Cc2cc(=O)oc3cc(C)ccc23)C1. The molecule has 1 heterocycles. The third kappa shape index (κ3) is 3.32. The maximum Gasteiger partial charge on any atom is 0.336 e. The molecule has 1 aliphatic carbocycles. The van der Waals surface area contributed by atoms with Crippen molar-refractivity contribution in [3.05, 3.63) is 45.8 Å². The molecule has 0 aliphatic heterocycles. The van der Waals surface area contributed by atoms with Crippen LogP contribution in [-0.2, 0) is 20.7 Å². The van der Waals surface area contributed by atoms with Crippen LogP contribution in [0, 0.1) is 12.8 Å². The monoisotopic (exact) mass is 329 g/mol. The second kappa shape index (κ2) is 6.47. The predicted octanol–water partition coefficient (Wildman–Crippen LogP) is 1.71. The van der Waals surface area contributed by atoms with Gasteiger partial charge in [0.2, 0.25) is 5.91 Å². The van der Waals surface area contributed by atoms with Gasteiger partial charge < -0.3 is 14.5 Å². The zero-order valence-electron chi connectivity index (χ0n) is 13.6. The maximum absolute atomic E-state index is 12.2. The van der Waals surface area contributed by atoms with E-state index >= 15 is 0 Å². The number of nitrogens with one attached hydrogen (secondary N) is 1. The van der Waals surface area contributed by atoms with Crippen LogP contribution in [0.2, 0.25) is 0 Å². The first-order valence-electron chi connectivity index (χ1n) is 7.87. The lowest BCUT2D eigenvalue weighted by Gasteiger charge is -2.33.